The minimum Gasteiger partial charge on any atom is -0.456 e. The van der Waals surface area contributed by atoms with Gasteiger partial charge in [0.1, 0.15) is 30.0 Å². The maximum Gasteiger partial charge on any atom is 0.338 e. The van der Waals surface area contributed by atoms with E-state index in [4.69, 9.17) is 18.9 Å². The first-order valence-electron chi connectivity index (χ1n) is 19.4. The number of aliphatic hydroxyl groups excluding tert-OH is 3. The third kappa shape index (κ3) is 7.10. The van der Waals surface area contributed by atoms with Gasteiger partial charge in [0.2, 0.25) is 0 Å². The zero-order valence-corrected chi connectivity index (χ0v) is 34.0. The fourth-order valence-electron chi connectivity index (χ4n) is 9.64. The van der Waals surface area contributed by atoms with Gasteiger partial charge in [-0.1, -0.05) is 62.4 Å². The van der Waals surface area contributed by atoms with E-state index < -0.39 is 112 Å². The molecule has 2 bridgehead atoms. The molecule has 3 unspecified atom stereocenters. The highest BCUT2D eigenvalue weighted by Gasteiger charge is 2.78. The lowest BCUT2D eigenvalue weighted by Crippen LogP contribution is -2.81. The average molecular weight is 807 g/mol. The van der Waals surface area contributed by atoms with Gasteiger partial charge in [0.05, 0.1) is 35.6 Å². The number of amides is 2. The van der Waals surface area contributed by atoms with Crippen molar-refractivity contribution in [1.82, 2.24) is 10.6 Å². The lowest BCUT2D eigenvalue weighted by Gasteiger charge is -2.67. The molecule has 15 nitrogen and oxygen atoms in total. The van der Waals surface area contributed by atoms with Crippen molar-refractivity contribution in [2.75, 3.05) is 6.61 Å². The molecule has 1 aliphatic heterocycles. The van der Waals surface area contributed by atoms with E-state index in [2.05, 4.69) is 10.6 Å². The fourth-order valence-corrected chi connectivity index (χ4v) is 9.64. The highest BCUT2D eigenvalue weighted by Crippen LogP contribution is 2.64. The van der Waals surface area contributed by atoms with Crippen molar-refractivity contribution in [2.45, 2.75) is 128 Å². The summed E-state index contributed by atoms with van der Waals surface area (Å²) >= 11 is 0. The van der Waals surface area contributed by atoms with Crippen LogP contribution in [0.2, 0.25) is 0 Å². The van der Waals surface area contributed by atoms with Crippen LogP contribution in [0.1, 0.15) is 90.2 Å². The Morgan fingerprint density at radius 2 is 1.55 bits per heavy atom. The van der Waals surface area contributed by atoms with Gasteiger partial charge < -0.3 is 50.0 Å². The summed E-state index contributed by atoms with van der Waals surface area (Å²) in [6.45, 7) is 12.2. The van der Waals surface area contributed by atoms with Crippen LogP contribution in [0, 0.1) is 16.7 Å². The Labute approximate surface area is 337 Å². The Kier molecular flexibility index (Phi) is 11.2. The van der Waals surface area contributed by atoms with Gasteiger partial charge in [-0.2, -0.15) is 0 Å². The van der Waals surface area contributed by atoms with Crippen LogP contribution in [-0.4, -0.2) is 110 Å². The van der Waals surface area contributed by atoms with Gasteiger partial charge in [-0.3, -0.25) is 9.59 Å². The molecule has 11 atom stereocenters. The number of carbonyl (C=O) groups is 5. The van der Waals surface area contributed by atoms with Crippen LogP contribution in [0.4, 0.5) is 4.79 Å². The van der Waals surface area contributed by atoms with Crippen molar-refractivity contribution in [3.63, 3.8) is 0 Å². The molecular formula is C43H54N2O13. The Hall–Kier alpha value is -4.67. The van der Waals surface area contributed by atoms with Crippen LogP contribution in [0.5, 0.6) is 0 Å². The van der Waals surface area contributed by atoms with Crippen molar-refractivity contribution in [3.8, 4) is 0 Å². The maximum atomic E-state index is 15.0. The first-order chi connectivity index (χ1) is 27.0. The summed E-state index contributed by atoms with van der Waals surface area (Å²) in [7, 11) is 0. The van der Waals surface area contributed by atoms with Crippen molar-refractivity contribution in [3.05, 3.63) is 82.9 Å². The van der Waals surface area contributed by atoms with Gasteiger partial charge in [0, 0.05) is 30.7 Å². The van der Waals surface area contributed by atoms with E-state index in [1.807, 2.05) is 0 Å². The standard InChI is InChI=1S/C43H54N2O13/c1-22-26(56-37(52)32(49)30(24-15-11-9-12-16-24)44-38(53)45-39(3,4)5)20-43(54)35(57-36(51)25-17-13-10-14-18-25)33-41(8,34(50)31(48)29(22)40(43,6)7)27(47)19-28-42(33,21-55-28)58-23(2)46/h9-18,26-28,30-33,35,47-49,54H,19-21H2,1-8H3,(H2,44,45,53)/t26-,27-,28?,30-,31+,32?,33-,35-,41+,42-,43?/m0/s1. The van der Waals surface area contributed by atoms with Gasteiger partial charge in [0.15, 0.2) is 17.5 Å². The Morgan fingerprint density at radius 3 is 2.10 bits per heavy atom. The normalized spacial score (nSPS) is 33.7. The minimum absolute atomic E-state index is 0.0537. The molecule has 2 aromatic carbocycles. The molecule has 2 amide bonds. The van der Waals surface area contributed by atoms with E-state index in [0.717, 1.165) is 6.92 Å². The Balaban J connectivity index is 1.49. The van der Waals surface area contributed by atoms with E-state index in [9.17, 15) is 44.4 Å². The summed E-state index contributed by atoms with van der Waals surface area (Å²) < 4.78 is 24.1. The Morgan fingerprint density at radius 1 is 0.948 bits per heavy atom. The molecule has 58 heavy (non-hydrogen) atoms. The largest absolute Gasteiger partial charge is 0.456 e. The van der Waals surface area contributed by atoms with Crippen LogP contribution in [0.15, 0.2) is 71.8 Å². The summed E-state index contributed by atoms with van der Waals surface area (Å²) in [6, 6.07) is 14.1. The number of Topliss-reactive ketones (excluding diaryl/α,β-unsaturated/α-hetero) is 1. The van der Waals surface area contributed by atoms with Crippen LogP contribution >= 0.6 is 0 Å². The molecule has 4 aliphatic rings. The number of hydrogen-bond donors (Lipinski definition) is 6. The van der Waals surface area contributed by atoms with Crippen LogP contribution in [-0.2, 0) is 33.3 Å². The van der Waals surface area contributed by atoms with Crippen molar-refractivity contribution < 1.29 is 63.3 Å². The number of ether oxygens (including phenoxy) is 4. The van der Waals surface area contributed by atoms with Gasteiger partial charge in [-0.15, -0.1) is 0 Å². The Bertz CT molecular complexity index is 1980. The highest BCUT2D eigenvalue weighted by atomic mass is 16.6. The van der Waals surface area contributed by atoms with Gasteiger partial charge in [-0.05, 0) is 63.5 Å². The van der Waals surface area contributed by atoms with Gasteiger partial charge in [-0.25, -0.2) is 14.4 Å². The second-order valence-corrected chi connectivity index (χ2v) is 17.8. The predicted molar refractivity (Wildman–Crippen MR) is 206 cm³/mol. The van der Waals surface area contributed by atoms with Crippen LogP contribution in [0.25, 0.3) is 0 Å². The molecule has 2 aromatic rings. The lowest BCUT2D eigenvalue weighted by molar-refractivity contribution is -0.346. The molecule has 6 N–H and O–H groups in total. The van der Waals surface area contributed by atoms with Gasteiger partial charge >= 0.3 is 23.9 Å². The van der Waals surface area contributed by atoms with Crippen molar-refractivity contribution in [2.24, 2.45) is 16.7 Å². The molecule has 3 fully saturated rings. The summed E-state index contributed by atoms with van der Waals surface area (Å²) in [5.41, 5.74) is -7.79. The summed E-state index contributed by atoms with van der Waals surface area (Å²) in [6.07, 6.45) is -10.5. The summed E-state index contributed by atoms with van der Waals surface area (Å²) in [5, 5.41) is 54.5. The highest BCUT2D eigenvalue weighted by molar-refractivity contribution is 5.94. The number of urea groups is 1. The summed E-state index contributed by atoms with van der Waals surface area (Å²) in [4.78, 5) is 69.1. The predicted octanol–water partition coefficient (Wildman–Crippen LogP) is 2.83. The zero-order chi connectivity index (χ0) is 42.7. The molecule has 3 aliphatic carbocycles. The lowest BCUT2D eigenvalue weighted by atomic mass is 9.44. The minimum atomic E-state index is -2.34. The molecule has 2 saturated carbocycles. The monoisotopic (exact) mass is 806 g/mol. The fraction of sp³-hybridized carbons (Fsp3) is 0.558. The number of benzene rings is 2. The quantitative estimate of drug-likeness (QED) is 0.128. The summed E-state index contributed by atoms with van der Waals surface area (Å²) in [5.74, 6) is -5.31. The number of ketones is 1. The SMILES string of the molecule is CC(=O)O[C@@]12COC1C[C@H](O)[C@@]1(C)C(=O)[C@H](O)C3=C(C)[C@@H](OC(=O)C(O)[C@@H](NC(=O)NC(C)(C)C)c4ccccc4)CC(O)([C@@H](OC(=O)c4ccccc4)[C@@H]12)C3(C)C. The number of hydrogen-bond acceptors (Lipinski definition) is 13. The number of nitrogens with one attached hydrogen (secondary N) is 2. The maximum absolute atomic E-state index is 15.0. The van der Waals surface area contributed by atoms with E-state index in [-0.39, 0.29) is 29.7 Å². The number of aliphatic hydroxyl groups is 4. The molecule has 0 radical (unpaired) electrons. The molecule has 314 valence electrons. The molecule has 6 rings (SSSR count). The number of carbonyl (C=O) groups excluding carboxylic acids is 5. The average Bonchev–Trinajstić information content (AvgIpc) is 3.14. The number of rotatable bonds is 8. The van der Waals surface area contributed by atoms with Crippen LogP contribution in [0.3, 0.4) is 0 Å². The first kappa shape index (κ1) is 42.9. The first-order valence-corrected chi connectivity index (χ1v) is 19.4. The molecule has 1 saturated heterocycles. The van der Waals surface area contributed by atoms with Crippen molar-refractivity contribution >= 4 is 29.7 Å². The smallest absolute Gasteiger partial charge is 0.338 e. The number of fused-ring (bicyclic) bond motifs is 5. The van der Waals surface area contributed by atoms with E-state index in [1.54, 1.807) is 83.1 Å². The molecule has 15 heteroatoms. The number of esters is 3. The topological polar surface area (TPSA) is 227 Å². The van der Waals surface area contributed by atoms with Gasteiger partial charge in [0.25, 0.3) is 0 Å². The van der Waals surface area contributed by atoms with E-state index in [0.29, 0.717) is 5.56 Å². The zero-order valence-electron chi connectivity index (χ0n) is 34.0. The molecule has 0 aromatic heterocycles. The third-order valence-electron chi connectivity index (χ3n) is 12.7. The molecular weight excluding hydrogens is 752 g/mol. The van der Waals surface area contributed by atoms with E-state index >= 15 is 0 Å². The third-order valence-corrected chi connectivity index (χ3v) is 12.7. The molecule has 0 spiro atoms. The van der Waals surface area contributed by atoms with Crippen molar-refractivity contribution in [1.29, 1.82) is 0 Å². The molecule has 1 heterocycles. The second kappa shape index (κ2) is 15.2. The van der Waals surface area contributed by atoms with E-state index in [1.165, 1.54) is 26.0 Å². The second-order valence-electron chi connectivity index (χ2n) is 17.8. The van der Waals surface area contributed by atoms with Crippen LogP contribution < -0.4 is 10.6 Å².